The Morgan fingerprint density at radius 1 is 1.53 bits per heavy atom. The SMILES string of the molecule is O=C(O)C1CC(=O)N(c2nnc(-c3ccco3)s2)C1. The van der Waals surface area contributed by atoms with Crippen molar-refractivity contribution < 1.29 is 19.1 Å². The van der Waals surface area contributed by atoms with Crippen LogP contribution in [0.1, 0.15) is 6.42 Å². The van der Waals surface area contributed by atoms with Gasteiger partial charge in [-0.25, -0.2) is 0 Å². The lowest BCUT2D eigenvalue weighted by Crippen LogP contribution is -2.25. The van der Waals surface area contributed by atoms with Crippen molar-refractivity contribution in [1.29, 1.82) is 0 Å². The Kier molecular flexibility index (Phi) is 2.79. The van der Waals surface area contributed by atoms with Gasteiger partial charge in [0.25, 0.3) is 0 Å². The van der Waals surface area contributed by atoms with Gasteiger partial charge in [0.2, 0.25) is 11.0 Å². The van der Waals surface area contributed by atoms with Crippen molar-refractivity contribution >= 4 is 28.3 Å². The van der Waals surface area contributed by atoms with Crippen LogP contribution in [0.2, 0.25) is 0 Å². The number of carbonyl (C=O) groups excluding carboxylic acids is 1. The molecule has 3 rings (SSSR count). The number of hydrogen-bond donors (Lipinski definition) is 1. The number of aromatic nitrogens is 2. The highest BCUT2D eigenvalue weighted by Gasteiger charge is 2.36. The fourth-order valence-corrected chi connectivity index (χ4v) is 2.72. The van der Waals surface area contributed by atoms with Gasteiger partial charge < -0.3 is 9.52 Å². The molecule has 0 saturated carbocycles. The van der Waals surface area contributed by atoms with E-state index in [1.807, 2.05) is 0 Å². The van der Waals surface area contributed by atoms with Gasteiger partial charge >= 0.3 is 5.97 Å². The van der Waals surface area contributed by atoms with Crippen molar-refractivity contribution in [2.75, 3.05) is 11.4 Å². The predicted molar refractivity (Wildman–Crippen MR) is 65.7 cm³/mol. The Hall–Kier alpha value is -2.22. The average Bonchev–Trinajstić information content (AvgIpc) is 3.07. The van der Waals surface area contributed by atoms with E-state index >= 15 is 0 Å². The Morgan fingerprint density at radius 2 is 2.37 bits per heavy atom. The number of furan rings is 1. The quantitative estimate of drug-likeness (QED) is 0.907. The molecule has 3 heterocycles. The molecule has 1 amide bonds. The smallest absolute Gasteiger partial charge is 0.308 e. The first-order valence-electron chi connectivity index (χ1n) is 5.55. The van der Waals surface area contributed by atoms with Crippen LogP contribution in [0.25, 0.3) is 10.8 Å². The van der Waals surface area contributed by atoms with Gasteiger partial charge in [-0.3, -0.25) is 14.5 Å². The van der Waals surface area contributed by atoms with Gasteiger partial charge in [0.05, 0.1) is 12.2 Å². The van der Waals surface area contributed by atoms with E-state index in [0.717, 1.165) is 0 Å². The molecular formula is C11H9N3O4S. The van der Waals surface area contributed by atoms with Crippen molar-refractivity contribution in [2.45, 2.75) is 6.42 Å². The molecule has 7 nitrogen and oxygen atoms in total. The molecule has 0 spiro atoms. The Morgan fingerprint density at radius 3 is 3.00 bits per heavy atom. The number of aliphatic carboxylic acids is 1. The highest BCUT2D eigenvalue weighted by molar-refractivity contribution is 7.18. The minimum atomic E-state index is -0.966. The molecule has 1 atom stereocenters. The third-order valence-corrected chi connectivity index (χ3v) is 3.81. The van der Waals surface area contributed by atoms with Crippen LogP contribution in [0.3, 0.4) is 0 Å². The summed E-state index contributed by atoms with van der Waals surface area (Å²) in [6, 6.07) is 3.48. The number of carboxylic acids is 1. The summed E-state index contributed by atoms with van der Waals surface area (Å²) in [6.07, 6.45) is 1.53. The molecule has 1 aliphatic heterocycles. The third kappa shape index (κ3) is 2.10. The van der Waals surface area contributed by atoms with Gasteiger partial charge in [-0.2, -0.15) is 0 Å². The van der Waals surface area contributed by atoms with Gasteiger partial charge in [-0.1, -0.05) is 11.3 Å². The van der Waals surface area contributed by atoms with Gasteiger partial charge in [0, 0.05) is 13.0 Å². The fourth-order valence-electron chi connectivity index (χ4n) is 1.88. The molecule has 19 heavy (non-hydrogen) atoms. The lowest BCUT2D eigenvalue weighted by molar-refractivity contribution is -0.141. The highest BCUT2D eigenvalue weighted by Crippen LogP contribution is 2.32. The summed E-state index contributed by atoms with van der Waals surface area (Å²) in [5, 5.41) is 17.7. The van der Waals surface area contributed by atoms with Gasteiger partial charge in [-0.15, -0.1) is 10.2 Å². The molecule has 98 valence electrons. The van der Waals surface area contributed by atoms with Gasteiger partial charge in [0.1, 0.15) is 0 Å². The molecule has 1 saturated heterocycles. The Labute approximate surface area is 111 Å². The maximum atomic E-state index is 11.8. The van der Waals surface area contributed by atoms with E-state index in [1.165, 1.54) is 22.5 Å². The van der Waals surface area contributed by atoms with Crippen molar-refractivity contribution in [3.8, 4) is 10.8 Å². The van der Waals surface area contributed by atoms with Gasteiger partial charge in [-0.05, 0) is 12.1 Å². The van der Waals surface area contributed by atoms with E-state index in [0.29, 0.717) is 15.9 Å². The summed E-state index contributed by atoms with van der Waals surface area (Å²) < 4.78 is 5.19. The van der Waals surface area contributed by atoms with E-state index in [9.17, 15) is 9.59 Å². The number of carbonyl (C=O) groups is 2. The normalized spacial score (nSPS) is 19.1. The first kappa shape index (κ1) is 11.8. The summed E-state index contributed by atoms with van der Waals surface area (Å²) in [7, 11) is 0. The number of rotatable bonds is 3. The summed E-state index contributed by atoms with van der Waals surface area (Å²) in [4.78, 5) is 24.0. The summed E-state index contributed by atoms with van der Waals surface area (Å²) >= 11 is 1.20. The first-order chi connectivity index (χ1) is 9.15. The van der Waals surface area contributed by atoms with Crippen LogP contribution in [0.5, 0.6) is 0 Å². The zero-order valence-electron chi connectivity index (χ0n) is 9.65. The second-order valence-corrected chi connectivity index (χ2v) is 5.07. The molecule has 0 aliphatic carbocycles. The molecule has 1 N–H and O–H groups in total. The first-order valence-corrected chi connectivity index (χ1v) is 6.37. The molecule has 2 aromatic rings. The van der Waals surface area contributed by atoms with Crippen LogP contribution in [0, 0.1) is 5.92 Å². The lowest BCUT2D eigenvalue weighted by atomic mass is 10.1. The maximum Gasteiger partial charge on any atom is 0.308 e. The molecule has 1 unspecified atom stereocenters. The number of amides is 1. The lowest BCUT2D eigenvalue weighted by Gasteiger charge is -2.10. The number of nitrogens with zero attached hydrogens (tertiary/aromatic N) is 3. The second kappa shape index (κ2) is 4.47. The number of carboxylic acid groups (broad SMARTS) is 1. The molecule has 2 aromatic heterocycles. The largest absolute Gasteiger partial charge is 0.481 e. The zero-order valence-corrected chi connectivity index (χ0v) is 10.5. The zero-order chi connectivity index (χ0) is 13.4. The van der Waals surface area contributed by atoms with E-state index in [4.69, 9.17) is 9.52 Å². The molecule has 0 bridgehead atoms. The molecular weight excluding hydrogens is 270 g/mol. The van der Waals surface area contributed by atoms with Crippen LogP contribution < -0.4 is 4.90 Å². The topological polar surface area (TPSA) is 96.5 Å². The van der Waals surface area contributed by atoms with E-state index < -0.39 is 11.9 Å². The van der Waals surface area contributed by atoms with Crippen LogP contribution in [-0.2, 0) is 9.59 Å². The molecule has 1 aliphatic rings. The van der Waals surface area contributed by atoms with E-state index in [-0.39, 0.29) is 18.9 Å². The number of hydrogen-bond acceptors (Lipinski definition) is 6. The van der Waals surface area contributed by atoms with E-state index in [1.54, 1.807) is 12.1 Å². The van der Waals surface area contributed by atoms with Crippen molar-refractivity contribution in [1.82, 2.24) is 10.2 Å². The van der Waals surface area contributed by atoms with Crippen molar-refractivity contribution in [3.63, 3.8) is 0 Å². The molecule has 8 heteroatoms. The minimum Gasteiger partial charge on any atom is -0.481 e. The highest BCUT2D eigenvalue weighted by atomic mass is 32.1. The van der Waals surface area contributed by atoms with Crippen molar-refractivity contribution in [3.05, 3.63) is 18.4 Å². The fraction of sp³-hybridized carbons (Fsp3) is 0.273. The predicted octanol–water partition coefficient (Wildman–Crippen LogP) is 1.24. The monoisotopic (exact) mass is 279 g/mol. The Balaban J connectivity index is 1.84. The van der Waals surface area contributed by atoms with Crippen LogP contribution in [0.4, 0.5) is 5.13 Å². The summed E-state index contributed by atoms with van der Waals surface area (Å²) in [5.41, 5.74) is 0. The van der Waals surface area contributed by atoms with Crippen LogP contribution >= 0.6 is 11.3 Å². The summed E-state index contributed by atoms with van der Waals surface area (Å²) in [5.74, 6) is -1.31. The minimum absolute atomic E-state index is 0.00496. The van der Waals surface area contributed by atoms with Crippen LogP contribution in [0.15, 0.2) is 22.8 Å². The summed E-state index contributed by atoms with van der Waals surface area (Å²) in [6.45, 7) is 0.140. The van der Waals surface area contributed by atoms with Gasteiger partial charge in [0.15, 0.2) is 10.8 Å². The molecule has 0 aromatic carbocycles. The maximum absolute atomic E-state index is 11.8. The number of anilines is 1. The van der Waals surface area contributed by atoms with Crippen LogP contribution in [-0.4, -0.2) is 33.7 Å². The Bertz CT molecular complexity index is 622. The molecule has 1 fully saturated rings. The third-order valence-electron chi connectivity index (χ3n) is 2.85. The standard InChI is InChI=1S/C11H9N3O4S/c15-8-4-6(10(16)17)5-14(8)11-13-12-9(19-11)7-2-1-3-18-7/h1-3,6H,4-5H2,(H,16,17). The molecule has 0 radical (unpaired) electrons. The average molecular weight is 279 g/mol. The second-order valence-electron chi connectivity index (χ2n) is 4.11. The van der Waals surface area contributed by atoms with Crippen molar-refractivity contribution in [2.24, 2.45) is 5.92 Å². The van der Waals surface area contributed by atoms with E-state index in [2.05, 4.69) is 10.2 Å².